The Labute approximate surface area is 57.7 Å². The molecule has 0 saturated heterocycles. The second-order valence-electron chi connectivity index (χ2n) is 0.872. The number of carboxylic acids is 1. The van der Waals surface area contributed by atoms with E-state index in [1.54, 1.807) is 0 Å². The van der Waals surface area contributed by atoms with Crippen molar-refractivity contribution in [3.63, 3.8) is 0 Å². The monoisotopic (exact) mass is 211 g/mol. The van der Waals surface area contributed by atoms with Gasteiger partial charge in [-0.2, -0.15) is 0 Å². The van der Waals surface area contributed by atoms with Gasteiger partial charge in [0.25, 0.3) is 5.97 Å². The molecular weight excluding hydrogens is 200 g/mol. The first-order chi connectivity index (χ1) is 3.65. The van der Waals surface area contributed by atoms with Gasteiger partial charge in [-0.1, -0.05) is 0 Å². The summed E-state index contributed by atoms with van der Waals surface area (Å²) in [4.78, 5) is 10.1. The van der Waals surface area contributed by atoms with Crippen LogP contribution >= 0.6 is 0 Å². The molecule has 0 amide bonds. The van der Waals surface area contributed by atoms with Gasteiger partial charge in [-0.05, 0) is 0 Å². The summed E-state index contributed by atoms with van der Waals surface area (Å²) >= 11 is 0.497. The summed E-state index contributed by atoms with van der Waals surface area (Å²) in [5, 5.41) is 7.42. The Bertz CT molecular complexity index is 52.0. The second kappa shape index (κ2) is 10.2. The molecule has 0 spiro atoms. The number of carboxylic acid groups (broad SMARTS) is 1. The summed E-state index contributed by atoms with van der Waals surface area (Å²) in [5.41, 5.74) is 0. The van der Waals surface area contributed by atoms with Crippen molar-refractivity contribution in [2.24, 2.45) is 4.37 Å². The molecule has 8 heavy (non-hydrogen) atoms. The van der Waals surface area contributed by atoms with Crippen molar-refractivity contribution in [1.29, 1.82) is 0 Å². The van der Waals surface area contributed by atoms with Gasteiger partial charge >= 0.3 is 34.4 Å². The minimum atomic E-state index is -0.833. The molecule has 0 aromatic heterocycles. The van der Waals surface area contributed by atoms with E-state index in [4.69, 9.17) is 14.3 Å². The Morgan fingerprint density at radius 3 is 2.00 bits per heavy atom. The van der Waals surface area contributed by atoms with Crippen LogP contribution in [0.15, 0.2) is 0 Å². The number of rotatable bonds is 1. The van der Waals surface area contributed by atoms with Crippen LogP contribution in [0.2, 0.25) is 4.89 Å². The van der Waals surface area contributed by atoms with Crippen molar-refractivity contribution < 1.29 is 28.1 Å². The Balaban J connectivity index is 0. The predicted molar refractivity (Wildman–Crippen MR) is 28.0 cm³/mol. The molecule has 0 rings (SSSR count). The Morgan fingerprint density at radius 1 is 1.88 bits per heavy atom. The topological polar surface area (TPSA) is 63.3 Å². The van der Waals surface area contributed by atoms with Crippen LogP contribution in [0.1, 0.15) is 13.8 Å². The predicted octanol–water partition coefficient (Wildman–Crippen LogP) is 0.472. The summed E-state index contributed by atoms with van der Waals surface area (Å²) in [6.45, 7) is 3.16. The first-order valence-corrected chi connectivity index (χ1v) is 4.04. The molecule has 0 unspecified atom stereocenters. The number of hydrogen-bond donors (Lipinski definition) is 2. The molecule has 0 atom stereocenters. The fourth-order valence-corrected chi connectivity index (χ4v) is 0. The van der Waals surface area contributed by atoms with E-state index in [1.807, 2.05) is 0 Å². The molecule has 0 aliphatic heterocycles. The molecule has 3 N–H and O–H groups in total. The zero-order chi connectivity index (χ0) is 6.99. The van der Waals surface area contributed by atoms with Crippen molar-refractivity contribution >= 4 is 5.97 Å². The standard InChI is InChI=1S/C2H4O2.C2H5.H2N.Pd/c1-2(3)4;1-2;;/h1H3,(H,3,4);1H2,2H3;1H2;/q;;-1;+1. The molecule has 0 aromatic carbocycles. The normalized spacial score (nSPS) is 7.38. The number of nitrogens with two attached hydrogens (primary N) is 1. The van der Waals surface area contributed by atoms with Gasteiger partial charge in [0.2, 0.25) is 0 Å². The van der Waals surface area contributed by atoms with E-state index in [2.05, 4.69) is 6.92 Å². The second-order valence-corrected chi connectivity index (χ2v) is 2.61. The summed E-state index contributed by atoms with van der Waals surface area (Å²) in [6.07, 6.45) is 0. The Hall–Kier alpha value is 0.0923. The van der Waals surface area contributed by atoms with Crippen molar-refractivity contribution in [3.8, 4) is 0 Å². The molecule has 0 heterocycles. The van der Waals surface area contributed by atoms with E-state index in [-0.39, 0.29) is 0 Å². The molecule has 0 radical (unpaired) electrons. The van der Waals surface area contributed by atoms with E-state index in [0.717, 1.165) is 11.8 Å². The number of carbonyl (C=O) groups is 1. The third kappa shape index (κ3) is 132. The van der Waals surface area contributed by atoms with Gasteiger partial charge in [0.05, 0.1) is 0 Å². The molecule has 0 aliphatic carbocycles. The van der Waals surface area contributed by atoms with Gasteiger partial charge in [0.15, 0.2) is 0 Å². The summed E-state index contributed by atoms with van der Waals surface area (Å²) in [6, 6.07) is 0. The zero-order valence-corrected chi connectivity index (χ0v) is 6.51. The van der Waals surface area contributed by atoms with Gasteiger partial charge in [0, 0.05) is 6.92 Å². The van der Waals surface area contributed by atoms with Crippen LogP contribution in [-0.2, 0) is 23.0 Å². The van der Waals surface area contributed by atoms with Crippen molar-refractivity contribution in [2.45, 2.75) is 18.7 Å². The third-order valence-corrected chi connectivity index (χ3v) is 0.764. The maximum atomic E-state index is 9.00. The quantitative estimate of drug-likeness (QED) is 0.620. The van der Waals surface area contributed by atoms with Gasteiger partial charge in [0.1, 0.15) is 0 Å². The van der Waals surface area contributed by atoms with E-state index in [0.29, 0.717) is 18.2 Å². The van der Waals surface area contributed by atoms with Crippen LogP contribution in [0.4, 0.5) is 0 Å². The molecule has 54 valence electrons. The number of hydrogen-bond acceptors (Lipinski definition) is 2. The van der Waals surface area contributed by atoms with Gasteiger partial charge < -0.3 is 5.11 Å². The average Bonchev–Trinajstić information content (AvgIpc) is 1.65. The van der Waals surface area contributed by atoms with Crippen molar-refractivity contribution in [3.05, 3.63) is 0 Å². The van der Waals surface area contributed by atoms with E-state index in [1.165, 1.54) is 0 Å². The SMILES string of the molecule is CC(=O)O.C[CH2][Pd][NH2]. The first-order valence-electron chi connectivity index (χ1n) is 2.04. The van der Waals surface area contributed by atoms with Gasteiger partial charge in [-0.3, -0.25) is 4.79 Å². The van der Waals surface area contributed by atoms with Crippen molar-refractivity contribution in [2.75, 3.05) is 0 Å². The summed E-state index contributed by atoms with van der Waals surface area (Å²) < 4.78 is 5.08. The van der Waals surface area contributed by atoms with E-state index in [9.17, 15) is 0 Å². The molecular formula is C4H11NO2Pd. The first kappa shape index (κ1) is 11.0. The number of aliphatic carboxylic acids is 1. The van der Waals surface area contributed by atoms with Gasteiger partial charge in [-0.15, -0.1) is 0 Å². The van der Waals surface area contributed by atoms with Crippen LogP contribution in [-0.4, -0.2) is 11.1 Å². The van der Waals surface area contributed by atoms with E-state index >= 15 is 0 Å². The minimum absolute atomic E-state index is 0.497. The van der Waals surface area contributed by atoms with Crippen molar-refractivity contribution in [1.82, 2.24) is 0 Å². The molecule has 0 aliphatic rings. The Morgan fingerprint density at radius 2 is 2.00 bits per heavy atom. The maximum absolute atomic E-state index is 9.00. The molecule has 3 nitrogen and oxygen atoms in total. The van der Waals surface area contributed by atoms with Gasteiger partial charge in [-0.25, -0.2) is 0 Å². The molecule has 0 saturated carbocycles. The van der Waals surface area contributed by atoms with E-state index < -0.39 is 5.97 Å². The fourth-order valence-electron chi connectivity index (χ4n) is 0. The molecule has 4 heteroatoms. The van der Waals surface area contributed by atoms with Crippen LogP contribution in [0.25, 0.3) is 0 Å². The summed E-state index contributed by atoms with van der Waals surface area (Å²) in [5.74, 6) is -0.833. The summed E-state index contributed by atoms with van der Waals surface area (Å²) in [7, 11) is 0. The van der Waals surface area contributed by atoms with Crippen LogP contribution in [0.3, 0.4) is 0 Å². The third-order valence-electron chi connectivity index (χ3n) is 0.129. The average molecular weight is 212 g/mol. The van der Waals surface area contributed by atoms with Crippen LogP contribution in [0, 0.1) is 0 Å². The fraction of sp³-hybridized carbons (Fsp3) is 0.750. The molecule has 0 fully saturated rings. The Kier molecular flexibility index (Phi) is 13.9. The van der Waals surface area contributed by atoms with Crippen LogP contribution < -0.4 is 4.37 Å². The zero-order valence-electron chi connectivity index (χ0n) is 4.96. The molecule has 0 aromatic rings. The molecule has 0 bridgehead atoms. The van der Waals surface area contributed by atoms with Crippen LogP contribution in [0.5, 0.6) is 0 Å².